The van der Waals surface area contributed by atoms with Gasteiger partial charge in [-0.2, -0.15) is 5.26 Å². The molecule has 0 spiro atoms. The third-order valence-electron chi connectivity index (χ3n) is 5.05. The van der Waals surface area contributed by atoms with E-state index in [0.717, 1.165) is 27.9 Å². The van der Waals surface area contributed by atoms with Gasteiger partial charge in [0.1, 0.15) is 17.6 Å². The second-order valence-corrected chi connectivity index (χ2v) is 6.53. The van der Waals surface area contributed by atoms with Gasteiger partial charge < -0.3 is 18.9 Å². The molecule has 150 valence electrons. The number of benzene rings is 2. The Labute approximate surface area is 170 Å². The van der Waals surface area contributed by atoms with E-state index >= 15 is 0 Å². The van der Waals surface area contributed by atoms with Crippen LogP contribution in [0, 0.1) is 11.3 Å². The van der Waals surface area contributed by atoms with E-state index < -0.39 is 0 Å². The highest BCUT2D eigenvalue weighted by molar-refractivity contribution is 5.95. The van der Waals surface area contributed by atoms with Gasteiger partial charge in [0, 0.05) is 31.1 Å². The molecule has 0 aliphatic heterocycles. The Morgan fingerprint density at radius 1 is 1.07 bits per heavy atom. The van der Waals surface area contributed by atoms with Crippen molar-refractivity contribution >= 4 is 17.0 Å². The first-order valence-corrected chi connectivity index (χ1v) is 9.75. The lowest BCUT2D eigenvalue weighted by molar-refractivity contribution is 0.157. The monoisotopic (exact) mass is 391 g/mol. The van der Waals surface area contributed by atoms with Gasteiger partial charge in [-0.05, 0) is 62.7 Å². The number of hydrogen-bond acceptors (Lipinski definition) is 4. The predicted molar refractivity (Wildman–Crippen MR) is 113 cm³/mol. The van der Waals surface area contributed by atoms with Gasteiger partial charge in [0.05, 0.1) is 23.9 Å². The summed E-state index contributed by atoms with van der Waals surface area (Å²) in [6.07, 6.45) is -0.366. The molecule has 1 aromatic heterocycles. The second kappa shape index (κ2) is 8.70. The van der Waals surface area contributed by atoms with Gasteiger partial charge in [-0.15, -0.1) is 0 Å². The first kappa shape index (κ1) is 20.3. The normalized spacial score (nSPS) is 10.6. The number of carbonyl (C=O) groups excluding carboxylic acids is 1. The quantitative estimate of drug-likeness (QED) is 0.590. The van der Waals surface area contributed by atoms with Crippen molar-refractivity contribution in [1.82, 2.24) is 9.47 Å². The SMILES string of the molecule is CCN(CC)C(=O)Oc1ccc(-c2c(C#N)c3ccc(OC)cc3n2CC)cc1. The van der Waals surface area contributed by atoms with Crippen molar-refractivity contribution in [2.45, 2.75) is 27.3 Å². The van der Waals surface area contributed by atoms with E-state index in [0.29, 0.717) is 30.9 Å². The fourth-order valence-electron chi connectivity index (χ4n) is 3.53. The molecule has 3 rings (SSSR count). The smallest absolute Gasteiger partial charge is 0.415 e. The lowest BCUT2D eigenvalue weighted by Crippen LogP contribution is -2.33. The molecule has 6 heteroatoms. The summed E-state index contributed by atoms with van der Waals surface area (Å²) < 4.78 is 12.9. The van der Waals surface area contributed by atoms with E-state index in [-0.39, 0.29) is 6.09 Å². The molecule has 0 aliphatic carbocycles. The third kappa shape index (κ3) is 3.77. The predicted octanol–water partition coefficient (Wildman–Crippen LogP) is 5.05. The number of amides is 1. The number of aryl methyl sites for hydroxylation is 1. The molecule has 1 amide bonds. The summed E-state index contributed by atoms with van der Waals surface area (Å²) in [4.78, 5) is 13.8. The van der Waals surface area contributed by atoms with Crippen LogP contribution in [-0.2, 0) is 6.54 Å². The van der Waals surface area contributed by atoms with E-state index in [4.69, 9.17) is 9.47 Å². The van der Waals surface area contributed by atoms with Crippen molar-refractivity contribution in [2.75, 3.05) is 20.2 Å². The number of nitriles is 1. The molecule has 29 heavy (non-hydrogen) atoms. The zero-order chi connectivity index (χ0) is 21.0. The molecule has 0 saturated heterocycles. The lowest BCUT2D eigenvalue weighted by atomic mass is 10.1. The Kier molecular flexibility index (Phi) is 6.08. The first-order valence-electron chi connectivity index (χ1n) is 9.75. The van der Waals surface area contributed by atoms with Gasteiger partial charge in [-0.1, -0.05) is 0 Å². The van der Waals surface area contributed by atoms with Crippen molar-refractivity contribution in [3.05, 3.63) is 48.0 Å². The molecule has 0 bridgehead atoms. The second-order valence-electron chi connectivity index (χ2n) is 6.53. The summed E-state index contributed by atoms with van der Waals surface area (Å²) in [7, 11) is 1.63. The molecule has 0 unspecified atom stereocenters. The minimum atomic E-state index is -0.366. The largest absolute Gasteiger partial charge is 0.497 e. The first-order chi connectivity index (χ1) is 14.1. The van der Waals surface area contributed by atoms with Crippen LogP contribution >= 0.6 is 0 Å². The maximum atomic E-state index is 12.2. The maximum absolute atomic E-state index is 12.2. The highest BCUT2D eigenvalue weighted by atomic mass is 16.6. The molecule has 3 aromatic rings. The molecule has 1 heterocycles. The van der Waals surface area contributed by atoms with Crippen molar-refractivity contribution in [1.29, 1.82) is 5.26 Å². The van der Waals surface area contributed by atoms with Crippen LogP contribution < -0.4 is 9.47 Å². The molecular formula is C23H25N3O3. The van der Waals surface area contributed by atoms with E-state index in [9.17, 15) is 10.1 Å². The van der Waals surface area contributed by atoms with Gasteiger partial charge in [-0.25, -0.2) is 4.79 Å². The highest BCUT2D eigenvalue weighted by Crippen LogP contribution is 2.35. The standard InChI is InChI=1S/C23H25N3O3/c1-5-25(6-2)23(27)29-17-10-8-16(9-11-17)22-20(15-24)19-13-12-18(28-4)14-21(19)26(22)7-3/h8-14H,5-7H2,1-4H3. The molecule has 0 radical (unpaired) electrons. The molecule has 0 N–H and O–H groups in total. The van der Waals surface area contributed by atoms with Crippen molar-refractivity contribution in [3.63, 3.8) is 0 Å². The van der Waals surface area contributed by atoms with Gasteiger partial charge >= 0.3 is 6.09 Å². The number of methoxy groups -OCH3 is 1. The van der Waals surface area contributed by atoms with E-state index in [1.807, 2.05) is 51.1 Å². The van der Waals surface area contributed by atoms with Gasteiger partial charge in [0.25, 0.3) is 0 Å². The summed E-state index contributed by atoms with van der Waals surface area (Å²) in [5, 5.41) is 10.7. The Morgan fingerprint density at radius 3 is 2.28 bits per heavy atom. The molecule has 0 aliphatic rings. The van der Waals surface area contributed by atoms with Crippen LogP contribution in [0.2, 0.25) is 0 Å². The van der Waals surface area contributed by atoms with Crippen LogP contribution in [0.3, 0.4) is 0 Å². The number of ether oxygens (including phenoxy) is 2. The summed E-state index contributed by atoms with van der Waals surface area (Å²) in [5.74, 6) is 1.23. The molecule has 0 atom stereocenters. The van der Waals surface area contributed by atoms with Gasteiger partial charge in [0.15, 0.2) is 0 Å². The maximum Gasteiger partial charge on any atom is 0.415 e. The Bertz CT molecular complexity index is 1060. The van der Waals surface area contributed by atoms with E-state index in [1.165, 1.54) is 0 Å². The van der Waals surface area contributed by atoms with Crippen LogP contribution in [0.15, 0.2) is 42.5 Å². The van der Waals surface area contributed by atoms with Gasteiger partial charge in [-0.3, -0.25) is 0 Å². The summed E-state index contributed by atoms with van der Waals surface area (Å²) in [6.45, 7) is 7.77. The molecule has 6 nitrogen and oxygen atoms in total. The molecule has 0 saturated carbocycles. The zero-order valence-corrected chi connectivity index (χ0v) is 17.2. The number of hydrogen-bond donors (Lipinski definition) is 0. The third-order valence-corrected chi connectivity index (χ3v) is 5.05. The van der Waals surface area contributed by atoms with Crippen LogP contribution in [0.25, 0.3) is 22.2 Å². The molecular weight excluding hydrogens is 366 g/mol. The average molecular weight is 391 g/mol. The molecule has 0 fully saturated rings. The van der Waals surface area contributed by atoms with Crippen LogP contribution in [0.5, 0.6) is 11.5 Å². The van der Waals surface area contributed by atoms with Crippen LogP contribution in [0.4, 0.5) is 4.79 Å². The number of fused-ring (bicyclic) bond motifs is 1. The minimum absolute atomic E-state index is 0.366. The number of carbonyl (C=O) groups is 1. The Hall–Kier alpha value is -3.46. The highest BCUT2D eigenvalue weighted by Gasteiger charge is 2.19. The number of nitrogens with zero attached hydrogens (tertiary/aromatic N) is 3. The summed E-state index contributed by atoms with van der Waals surface area (Å²) in [5.41, 5.74) is 3.31. The Balaban J connectivity index is 2.02. The van der Waals surface area contributed by atoms with Gasteiger partial charge in [0.2, 0.25) is 0 Å². The summed E-state index contributed by atoms with van der Waals surface area (Å²) >= 11 is 0. The topological polar surface area (TPSA) is 67.5 Å². The fourth-order valence-corrected chi connectivity index (χ4v) is 3.53. The van der Waals surface area contributed by atoms with E-state index in [2.05, 4.69) is 10.6 Å². The van der Waals surface area contributed by atoms with E-state index in [1.54, 1.807) is 24.1 Å². The van der Waals surface area contributed by atoms with Crippen molar-refractivity contribution in [3.8, 4) is 28.8 Å². The number of aromatic nitrogens is 1. The van der Waals surface area contributed by atoms with Crippen molar-refractivity contribution < 1.29 is 14.3 Å². The number of rotatable bonds is 6. The van der Waals surface area contributed by atoms with Crippen LogP contribution in [0.1, 0.15) is 26.3 Å². The van der Waals surface area contributed by atoms with Crippen LogP contribution in [-0.4, -0.2) is 35.8 Å². The fraction of sp³-hybridized carbons (Fsp3) is 0.304. The van der Waals surface area contributed by atoms with Crippen molar-refractivity contribution in [2.24, 2.45) is 0 Å². The molecule has 2 aromatic carbocycles. The zero-order valence-electron chi connectivity index (χ0n) is 17.2. The lowest BCUT2D eigenvalue weighted by Gasteiger charge is -2.18. The average Bonchev–Trinajstić information content (AvgIpc) is 3.07. The summed E-state index contributed by atoms with van der Waals surface area (Å²) in [6, 6.07) is 15.4. The Morgan fingerprint density at radius 2 is 1.72 bits per heavy atom. The minimum Gasteiger partial charge on any atom is -0.497 e.